The minimum atomic E-state index is -0.536. The van der Waals surface area contributed by atoms with Gasteiger partial charge in [-0.25, -0.2) is 4.79 Å². The van der Waals surface area contributed by atoms with E-state index in [1.165, 1.54) is 20.3 Å². The highest BCUT2D eigenvalue weighted by atomic mass is 35.5. The van der Waals surface area contributed by atoms with Crippen LogP contribution in [0.2, 0.25) is 0 Å². The molecule has 1 aromatic rings. The smallest absolute Gasteiger partial charge is 0.340 e. The third-order valence-corrected chi connectivity index (χ3v) is 2.73. The number of carbonyl (C=O) groups excluding carboxylic acids is 2. The first-order valence-electron chi connectivity index (χ1n) is 6.29. The summed E-state index contributed by atoms with van der Waals surface area (Å²) in [6, 6.07) is 4.74. The maximum Gasteiger partial charge on any atom is 0.340 e. The summed E-state index contributed by atoms with van der Waals surface area (Å²) in [6.45, 7) is 1.83. The van der Waals surface area contributed by atoms with Crippen molar-refractivity contribution in [2.45, 2.75) is 25.8 Å². The number of methoxy groups -OCH3 is 2. The Labute approximate surface area is 130 Å². The number of halogens is 1. The highest BCUT2D eigenvalue weighted by molar-refractivity contribution is 6.01. The van der Waals surface area contributed by atoms with E-state index >= 15 is 0 Å². The highest BCUT2D eigenvalue weighted by Gasteiger charge is 2.15. The molecule has 1 amide bonds. The first kappa shape index (κ1) is 19.2. The van der Waals surface area contributed by atoms with Gasteiger partial charge in [-0.15, -0.1) is 12.4 Å². The topological polar surface area (TPSA) is 90.6 Å². The first-order chi connectivity index (χ1) is 9.47. The minimum Gasteiger partial charge on any atom is -0.497 e. The van der Waals surface area contributed by atoms with E-state index in [1.54, 1.807) is 12.1 Å². The quantitative estimate of drug-likeness (QED) is 0.783. The molecule has 0 saturated heterocycles. The van der Waals surface area contributed by atoms with Crippen molar-refractivity contribution in [3.05, 3.63) is 23.8 Å². The van der Waals surface area contributed by atoms with Crippen LogP contribution < -0.4 is 15.8 Å². The average molecular weight is 317 g/mol. The molecular formula is C14H21ClN2O4. The third-order valence-electron chi connectivity index (χ3n) is 2.73. The van der Waals surface area contributed by atoms with Crippen molar-refractivity contribution in [1.29, 1.82) is 0 Å². The lowest BCUT2D eigenvalue weighted by atomic mass is 10.1. The Balaban J connectivity index is 0.00000400. The lowest BCUT2D eigenvalue weighted by Gasteiger charge is -2.12. The third kappa shape index (κ3) is 6.01. The Kier molecular flexibility index (Phi) is 8.42. The van der Waals surface area contributed by atoms with Crippen molar-refractivity contribution in [3.63, 3.8) is 0 Å². The van der Waals surface area contributed by atoms with Crippen LogP contribution in [0.5, 0.6) is 5.75 Å². The molecule has 0 bridgehead atoms. The van der Waals surface area contributed by atoms with Crippen LogP contribution in [-0.4, -0.2) is 32.1 Å². The molecule has 0 fully saturated rings. The lowest BCUT2D eigenvalue weighted by molar-refractivity contribution is -0.116. The van der Waals surface area contributed by atoms with Crippen molar-refractivity contribution in [3.8, 4) is 5.75 Å². The zero-order valence-electron chi connectivity index (χ0n) is 12.3. The summed E-state index contributed by atoms with van der Waals surface area (Å²) in [5.41, 5.74) is 6.25. The van der Waals surface area contributed by atoms with Crippen LogP contribution in [0, 0.1) is 0 Å². The first-order valence-corrected chi connectivity index (χ1v) is 6.29. The van der Waals surface area contributed by atoms with Gasteiger partial charge in [0, 0.05) is 12.5 Å². The molecule has 0 aliphatic heterocycles. The van der Waals surface area contributed by atoms with E-state index in [0.717, 1.165) is 0 Å². The molecule has 0 spiro atoms. The van der Waals surface area contributed by atoms with E-state index in [0.29, 0.717) is 24.3 Å². The number of rotatable bonds is 6. The number of benzene rings is 1. The Morgan fingerprint density at radius 2 is 2.00 bits per heavy atom. The minimum absolute atomic E-state index is 0. The van der Waals surface area contributed by atoms with Crippen molar-refractivity contribution >= 4 is 30.0 Å². The molecule has 1 atom stereocenters. The second-order valence-electron chi connectivity index (χ2n) is 4.47. The summed E-state index contributed by atoms with van der Waals surface area (Å²) in [6.07, 6.45) is 0.875. The lowest BCUT2D eigenvalue weighted by Crippen LogP contribution is -2.20. The van der Waals surface area contributed by atoms with E-state index < -0.39 is 5.97 Å². The summed E-state index contributed by atoms with van der Waals surface area (Å²) in [5, 5.41) is 2.68. The van der Waals surface area contributed by atoms with E-state index in [-0.39, 0.29) is 29.9 Å². The van der Waals surface area contributed by atoms with Crippen LogP contribution in [-0.2, 0) is 9.53 Å². The zero-order valence-corrected chi connectivity index (χ0v) is 13.2. The van der Waals surface area contributed by atoms with Crippen molar-refractivity contribution in [1.82, 2.24) is 0 Å². The van der Waals surface area contributed by atoms with Crippen LogP contribution in [0.25, 0.3) is 0 Å². The van der Waals surface area contributed by atoms with Crippen LogP contribution in [0.15, 0.2) is 18.2 Å². The Morgan fingerprint density at radius 1 is 1.33 bits per heavy atom. The van der Waals surface area contributed by atoms with Crippen molar-refractivity contribution in [2.75, 3.05) is 19.5 Å². The second kappa shape index (κ2) is 9.20. The monoisotopic (exact) mass is 316 g/mol. The molecule has 118 valence electrons. The van der Waals surface area contributed by atoms with Gasteiger partial charge < -0.3 is 20.5 Å². The predicted molar refractivity (Wildman–Crippen MR) is 83.1 cm³/mol. The fourth-order valence-corrected chi connectivity index (χ4v) is 1.61. The normalized spacial score (nSPS) is 11.0. The number of esters is 1. The Bertz CT molecular complexity index is 492. The van der Waals surface area contributed by atoms with E-state index in [9.17, 15) is 9.59 Å². The van der Waals surface area contributed by atoms with Gasteiger partial charge in [0.1, 0.15) is 5.75 Å². The Hall–Kier alpha value is -1.79. The summed E-state index contributed by atoms with van der Waals surface area (Å²) in [5.74, 6) is -0.219. The summed E-state index contributed by atoms with van der Waals surface area (Å²) >= 11 is 0. The molecule has 0 aromatic heterocycles. The molecule has 0 heterocycles. The fourth-order valence-electron chi connectivity index (χ4n) is 1.61. The molecule has 1 aromatic carbocycles. The number of carbonyl (C=O) groups is 2. The van der Waals surface area contributed by atoms with Crippen molar-refractivity contribution in [2.24, 2.45) is 5.73 Å². The average Bonchev–Trinajstić information content (AvgIpc) is 2.44. The predicted octanol–water partition coefficient (Wildman–Crippen LogP) is 1.97. The molecule has 21 heavy (non-hydrogen) atoms. The van der Waals surface area contributed by atoms with Gasteiger partial charge in [-0.05, 0) is 31.5 Å². The molecular weight excluding hydrogens is 296 g/mol. The molecule has 7 heteroatoms. The fraction of sp³-hybridized carbons (Fsp3) is 0.429. The maximum atomic E-state index is 11.8. The second-order valence-corrected chi connectivity index (χ2v) is 4.47. The van der Waals surface area contributed by atoms with Crippen LogP contribution >= 0.6 is 12.4 Å². The molecule has 1 rings (SSSR count). The number of amides is 1. The number of nitrogens with two attached hydrogens (primary N) is 1. The van der Waals surface area contributed by atoms with Gasteiger partial charge in [0.15, 0.2) is 0 Å². The van der Waals surface area contributed by atoms with E-state index in [2.05, 4.69) is 5.32 Å². The number of ether oxygens (including phenoxy) is 2. The largest absolute Gasteiger partial charge is 0.497 e. The van der Waals surface area contributed by atoms with Crippen LogP contribution in [0.1, 0.15) is 30.1 Å². The van der Waals surface area contributed by atoms with Gasteiger partial charge in [-0.3, -0.25) is 4.79 Å². The van der Waals surface area contributed by atoms with Crippen LogP contribution in [0.4, 0.5) is 5.69 Å². The highest BCUT2D eigenvalue weighted by Crippen LogP contribution is 2.23. The van der Waals surface area contributed by atoms with Crippen LogP contribution in [0.3, 0.4) is 0 Å². The molecule has 0 radical (unpaired) electrons. The molecule has 0 saturated carbocycles. The number of hydrogen-bond donors (Lipinski definition) is 2. The molecule has 1 unspecified atom stereocenters. The summed E-state index contributed by atoms with van der Waals surface area (Å²) in [7, 11) is 2.78. The number of anilines is 1. The molecule has 6 nitrogen and oxygen atoms in total. The van der Waals surface area contributed by atoms with Gasteiger partial charge in [0.25, 0.3) is 0 Å². The SMILES string of the molecule is COC(=O)c1cc(OC)ccc1NC(=O)CCC(C)N.Cl. The van der Waals surface area contributed by atoms with Crippen molar-refractivity contribution < 1.29 is 19.1 Å². The van der Waals surface area contributed by atoms with E-state index in [1.807, 2.05) is 6.92 Å². The zero-order chi connectivity index (χ0) is 15.1. The number of nitrogens with one attached hydrogen (secondary N) is 1. The van der Waals surface area contributed by atoms with Gasteiger partial charge >= 0.3 is 5.97 Å². The van der Waals surface area contributed by atoms with E-state index in [4.69, 9.17) is 15.2 Å². The standard InChI is InChI=1S/C14H20N2O4.ClH/c1-9(15)4-7-13(17)16-12-6-5-10(19-2)8-11(12)14(18)20-3;/h5-6,8-9H,4,7,15H2,1-3H3,(H,16,17);1H. The van der Waals surface area contributed by atoms with Gasteiger partial charge in [-0.1, -0.05) is 0 Å². The van der Waals surface area contributed by atoms with Gasteiger partial charge in [-0.2, -0.15) is 0 Å². The van der Waals surface area contributed by atoms with Gasteiger partial charge in [0.05, 0.1) is 25.5 Å². The number of hydrogen-bond acceptors (Lipinski definition) is 5. The summed E-state index contributed by atoms with van der Waals surface area (Å²) < 4.78 is 9.74. The van der Waals surface area contributed by atoms with Gasteiger partial charge in [0.2, 0.25) is 5.91 Å². The molecule has 0 aliphatic rings. The Morgan fingerprint density at radius 3 is 2.52 bits per heavy atom. The molecule has 3 N–H and O–H groups in total. The maximum absolute atomic E-state index is 11.8. The summed E-state index contributed by atoms with van der Waals surface area (Å²) in [4.78, 5) is 23.5. The molecule has 0 aliphatic carbocycles.